The summed E-state index contributed by atoms with van der Waals surface area (Å²) in [5, 5.41) is 15.0. The molecule has 0 aromatic rings. The van der Waals surface area contributed by atoms with Gasteiger partial charge in [-0.05, 0) is 19.4 Å². The molecule has 2 unspecified atom stereocenters. The van der Waals surface area contributed by atoms with E-state index >= 15 is 0 Å². The number of nitrogens with one attached hydrogen (secondary N) is 2. The third kappa shape index (κ3) is 3.61. The summed E-state index contributed by atoms with van der Waals surface area (Å²) in [6.07, 6.45) is 1.30. The monoisotopic (exact) mass is 202 g/mol. The Labute approximate surface area is 83.8 Å². The molecule has 2 atom stereocenters. The molecule has 1 saturated heterocycles. The number of aliphatic hydroxyl groups excluding tert-OH is 1. The molecule has 0 aliphatic carbocycles. The van der Waals surface area contributed by atoms with Crippen LogP contribution in [0.15, 0.2) is 0 Å². The lowest BCUT2D eigenvalue weighted by Crippen LogP contribution is -2.43. The zero-order valence-electron chi connectivity index (χ0n) is 8.45. The molecule has 1 fully saturated rings. The van der Waals surface area contributed by atoms with Gasteiger partial charge in [-0.3, -0.25) is 4.79 Å². The predicted octanol–water partition coefficient (Wildman–Crippen LogP) is -1.14. The minimum absolute atomic E-state index is 0.0300. The summed E-state index contributed by atoms with van der Waals surface area (Å²) in [6.45, 7) is 1.40. The van der Waals surface area contributed by atoms with Crippen molar-refractivity contribution in [2.24, 2.45) is 0 Å². The lowest BCUT2D eigenvalue weighted by Gasteiger charge is -2.13. The second-order valence-electron chi connectivity index (χ2n) is 3.50. The minimum atomic E-state index is -0.620. The Morgan fingerprint density at radius 2 is 2.57 bits per heavy atom. The zero-order chi connectivity index (χ0) is 10.4. The van der Waals surface area contributed by atoms with Crippen molar-refractivity contribution in [2.75, 3.05) is 26.8 Å². The highest BCUT2D eigenvalue weighted by Crippen LogP contribution is 2.04. The maximum absolute atomic E-state index is 11.4. The number of hydrogen-bond acceptors (Lipinski definition) is 4. The first-order valence-electron chi connectivity index (χ1n) is 4.92. The zero-order valence-corrected chi connectivity index (χ0v) is 8.45. The smallest absolute Gasteiger partial charge is 0.237 e. The van der Waals surface area contributed by atoms with Crippen LogP contribution in [0.5, 0.6) is 0 Å². The van der Waals surface area contributed by atoms with Crippen molar-refractivity contribution in [1.82, 2.24) is 10.6 Å². The van der Waals surface area contributed by atoms with E-state index < -0.39 is 6.10 Å². The largest absolute Gasteiger partial charge is 0.389 e. The average molecular weight is 202 g/mol. The van der Waals surface area contributed by atoms with E-state index in [1.54, 1.807) is 0 Å². The maximum atomic E-state index is 11.4. The van der Waals surface area contributed by atoms with Gasteiger partial charge in [0.15, 0.2) is 0 Å². The van der Waals surface area contributed by atoms with Crippen molar-refractivity contribution in [3.8, 4) is 0 Å². The van der Waals surface area contributed by atoms with Crippen molar-refractivity contribution >= 4 is 5.91 Å². The van der Waals surface area contributed by atoms with E-state index in [2.05, 4.69) is 10.6 Å². The Bertz CT molecular complexity index is 181. The molecular formula is C9H18N2O3. The molecule has 0 aromatic heterocycles. The number of amides is 1. The van der Waals surface area contributed by atoms with Crippen molar-refractivity contribution in [3.63, 3.8) is 0 Å². The van der Waals surface area contributed by atoms with Gasteiger partial charge in [-0.2, -0.15) is 0 Å². The third-order valence-corrected chi connectivity index (χ3v) is 2.25. The molecular weight excluding hydrogens is 184 g/mol. The Balaban J connectivity index is 2.13. The van der Waals surface area contributed by atoms with E-state index in [1.165, 1.54) is 7.11 Å². The molecule has 1 amide bonds. The lowest BCUT2D eigenvalue weighted by molar-refractivity contribution is -0.123. The van der Waals surface area contributed by atoms with Crippen LogP contribution in [-0.2, 0) is 9.53 Å². The Morgan fingerprint density at radius 1 is 1.79 bits per heavy atom. The van der Waals surface area contributed by atoms with Gasteiger partial charge in [0, 0.05) is 13.7 Å². The summed E-state index contributed by atoms with van der Waals surface area (Å²) in [5.41, 5.74) is 0. The van der Waals surface area contributed by atoms with Crippen LogP contribution in [0.3, 0.4) is 0 Å². The van der Waals surface area contributed by atoms with Gasteiger partial charge >= 0.3 is 0 Å². The van der Waals surface area contributed by atoms with Crippen molar-refractivity contribution in [2.45, 2.75) is 25.0 Å². The highest BCUT2D eigenvalue weighted by molar-refractivity contribution is 5.81. The molecule has 1 aliphatic rings. The van der Waals surface area contributed by atoms with Crippen LogP contribution >= 0.6 is 0 Å². The summed E-state index contributed by atoms with van der Waals surface area (Å²) < 4.78 is 4.74. The second-order valence-corrected chi connectivity index (χ2v) is 3.50. The SMILES string of the molecule is COCC(O)CNC(=O)C1CCCN1. The standard InChI is InChI=1S/C9H18N2O3/c1-14-6-7(12)5-11-9(13)8-3-2-4-10-8/h7-8,10,12H,2-6H2,1H3,(H,11,13). The Morgan fingerprint density at radius 3 is 3.14 bits per heavy atom. The normalized spacial score (nSPS) is 23.4. The molecule has 5 heteroatoms. The lowest BCUT2D eigenvalue weighted by atomic mass is 10.2. The molecule has 14 heavy (non-hydrogen) atoms. The number of hydrogen-bond donors (Lipinski definition) is 3. The molecule has 0 saturated carbocycles. The summed E-state index contributed by atoms with van der Waals surface area (Å²) >= 11 is 0. The van der Waals surface area contributed by atoms with Gasteiger partial charge in [-0.15, -0.1) is 0 Å². The van der Waals surface area contributed by atoms with E-state index in [1.807, 2.05) is 0 Å². The first kappa shape index (κ1) is 11.4. The maximum Gasteiger partial charge on any atom is 0.237 e. The molecule has 0 aromatic carbocycles. The van der Waals surface area contributed by atoms with E-state index in [4.69, 9.17) is 4.74 Å². The summed E-state index contributed by atoms with van der Waals surface area (Å²) in [7, 11) is 1.52. The third-order valence-electron chi connectivity index (χ3n) is 2.25. The summed E-state index contributed by atoms with van der Waals surface area (Å²) in [6, 6.07) is -0.0789. The van der Waals surface area contributed by atoms with Gasteiger partial charge in [0.1, 0.15) is 0 Å². The highest BCUT2D eigenvalue weighted by Gasteiger charge is 2.21. The van der Waals surface area contributed by atoms with E-state index in [0.717, 1.165) is 19.4 Å². The van der Waals surface area contributed by atoms with Gasteiger partial charge in [0.25, 0.3) is 0 Å². The minimum Gasteiger partial charge on any atom is -0.389 e. The van der Waals surface area contributed by atoms with Crippen molar-refractivity contribution in [1.29, 1.82) is 0 Å². The summed E-state index contributed by atoms with van der Waals surface area (Å²) in [4.78, 5) is 11.4. The average Bonchev–Trinajstić information content (AvgIpc) is 2.67. The second kappa shape index (κ2) is 5.95. The van der Waals surface area contributed by atoms with Crippen LogP contribution in [0.1, 0.15) is 12.8 Å². The molecule has 1 aliphatic heterocycles. The molecule has 0 radical (unpaired) electrons. The van der Waals surface area contributed by atoms with Crippen molar-refractivity contribution < 1.29 is 14.6 Å². The van der Waals surface area contributed by atoms with Gasteiger partial charge in [0.2, 0.25) is 5.91 Å². The molecule has 0 bridgehead atoms. The number of carbonyl (C=O) groups is 1. The number of carbonyl (C=O) groups excluding carboxylic acids is 1. The van der Waals surface area contributed by atoms with Crippen LogP contribution in [0.4, 0.5) is 0 Å². The molecule has 82 valence electrons. The molecule has 1 heterocycles. The van der Waals surface area contributed by atoms with E-state index in [0.29, 0.717) is 0 Å². The van der Waals surface area contributed by atoms with Crippen molar-refractivity contribution in [3.05, 3.63) is 0 Å². The molecule has 0 spiro atoms. The summed E-state index contributed by atoms with van der Waals surface area (Å²) in [5.74, 6) is -0.0300. The predicted molar refractivity (Wildman–Crippen MR) is 51.9 cm³/mol. The van der Waals surface area contributed by atoms with Gasteiger partial charge in [-0.1, -0.05) is 0 Å². The Kier molecular flexibility index (Phi) is 4.86. The van der Waals surface area contributed by atoms with Crippen LogP contribution in [-0.4, -0.2) is 50.0 Å². The first-order valence-corrected chi connectivity index (χ1v) is 4.92. The van der Waals surface area contributed by atoms with Gasteiger partial charge < -0.3 is 20.5 Å². The number of rotatable bonds is 5. The van der Waals surface area contributed by atoms with Gasteiger partial charge in [-0.25, -0.2) is 0 Å². The fourth-order valence-electron chi connectivity index (χ4n) is 1.50. The number of methoxy groups -OCH3 is 1. The van der Waals surface area contributed by atoms with E-state index in [-0.39, 0.29) is 25.1 Å². The van der Waals surface area contributed by atoms with Crippen LogP contribution in [0.2, 0.25) is 0 Å². The van der Waals surface area contributed by atoms with E-state index in [9.17, 15) is 9.90 Å². The van der Waals surface area contributed by atoms with Crippen LogP contribution in [0.25, 0.3) is 0 Å². The van der Waals surface area contributed by atoms with Crippen LogP contribution < -0.4 is 10.6 Å². The van der Waals surface area contributed by atoms with Crippen LogP contribution in [0, 0.1) is 0 Å². The molecule has 3 N–H and O–H groups in total. The quantitative estimate of drug-likeness (QED) is 0.527. The fraction of sp³-hybridized carbons (Fsp3) is 0.889. The molecule has 1 rings (SSSR count). The fourth-order valence-corrected chi connectivity index (χ4v) is 1.50. The topological polar surface area (TPSA) is 70.6 Å². The Hall–Kier alpha value is -0.650. The number of ether oxygens (including phenoxy) is 1. The number of aliphatic hydroxyl groups is 1. The highest BCUT2D eigenvalue weighted by atomic mass is 16.5. The molecule has 5 nitrogen and oxygen atoms in total. The van der Waals surface area contributed by atoms with Gasteiger partial charge in [0.05, 0.1) is 18.8 Å². The first-order chi connectivity index (χ1) is 6.74.